The summed E-state index contributed by atoms with van der Waals surface area (Å²) in [6.07, 6.45) is 0. The second-order valence-corrected chi connectivity index (χ2v) is 24.4. The van der Waals surface area contributed by atoms with E-state index >= 15 is 0 Å². The van der Waals surface area contributed by atoms with Gasteiger partial charge in [-0.05, 0) is 155 Å². The van der Waals surface area contributed by atoms with Crippen LogP contribution in [0, 0.1) is 6.92 Å². The monoisotopic (exact) mass is 931 g/mol. The van der Waals surface area contributed by atoms with Gasteiger partial charge in [0.1, 0.15) is 0 Å². The normalized spacial score (nSPS) is 14.1. The smallest absolute Gasteiger partial charge is 0.252 e. The summed E-state index contributed by atoms with van der Waals surface area (Å²) in [6.45, 7) is 29.9. The number of hydrogen-bond donors (Lipinski definition) is 0. The molecule has 11 rings (SSSR count). The summed E-state index contributed by atoms with van der Waals surface area (Å²) in [5, 5.41) is 0. The Hall–Kier alpha value is -6.98. The molecule has 8 aromatic rings. The molecule has 0 spiro atoms. The first-order valence-corrected chi connectivity index (χ1v) is 25.5. The molecule has 0 saturated heterocycles. The highest BCUT2D eigenvalue weighted by Crippen LogP contribution is 2.51. The fourth-order valence-electron chi connectivity index (χ4n) is 11.0. The van der Waals surface area contributed by atoms with Crippen molar-refractivity contribution in [3.8, 4) is 44.9 Å². The second-order valence-electron chi connectivity index (χ2n) is 24.4. The lowest BCUT2D eigenvalue weighted by molar-refractivity contribution is 0.174. The molecule has 0 radical (unpaired) electrons. The maximum absolute atomic E-state index is 6.27. The SMILES string of the molecule is Cc1cc2c3c(c1)N(c1ccc(C(C)(C)C)cc1-c1ccccc1)c1cc4c(cc1B3c1cc(C(C)(C)C)ccc1N2c1cc(-c2ccc(C(C)(C)C)cc2)cc(-c2ccc(C(C)(C)C)cc2)c1)OCO4. The Morgan fingerprint density at radius 3 is 1.41 bits per heavy atom. The zero-order valence-corrected chi connectivity index (χ0v) is 44.0. The number of ether oxygens (including phenoxy) is 2. The van der Waals surface area contributed by atoms with Gasteiger partial charge in [0.05, 0.1) is 5.69 Å². The molecule has 0 aromatic heterocycles. The molecule has 0 saturated carbocycles. The van der Waals surface area contributed by atoms with Crippen molar-refractivity contribution in [3.63, 3.8) is 0 Å². The van der Waals surface area contributed by atoms with Crippen molar-refractivity contribution >= 4 is 57.2 Å². The van der Waals surface area contributed by atoms with E-state index in [0.29, 0.717) is 0 Å². The topological polar surface area (TPSA) is 24.9 Å². The molecule has 71 heavy (non-hydrogen) atoms. The van der Waals surface area contributed by atoms with Crippen LogP contribution in [0.25, 0.3) is 33.4 Å². The average Bonchev–Trinajstić information content (AvgIpc) is 3.79. The van der Waals surface area contributed by atoms with Crippen LogP contribution in [-0.2, 0) is 21.7 Å². The molecule has 0 bridgehead atoms. The Kier molecular flexibility index (Phi) is 10.8. The lowest BCUT2D eigenvalue weighted by Gasteiger charge is -2.45. The van der Waals surface area contributed by atoms with Gasteiger partial charge in [0.2, 0.25) is 6.79 Å². The van der Waals surface area contributed by atoms with Crippen LogP contribution in [0.5, 0.6) is 11.5 Å². The summed E-state index contributed by atoms with van der Waals surface area (Å²) < 4.78 is 12.5. The third-order valence-corrected chi connectivity index (χ3v) is 15.1. The van der Waals surface area contributed by atoms with Crippen LogP contribution in [0.3, 0.4) is 0 Å². The third-order valence-electron chi connectivity index (χ3n) is 15.1. The first kappa shape index (κ1) is 46.4. The summed E-state index contributed by atoms with van der Waals surface area (Å²) in [5.41, 5.74) is 24.1. The number of rotatable bonds is 5. The van der Waals surface area contributed by atoms with Crippen LogP contribution in [0.15, 0.2) is 158 Å². The van der Waals surface area contributed by atoms with Crippen molar-refractivity contribution in [2.45, 2.75) is 112 Å². The van der Waals surface area contributed by atoms with E-state index in [0.717, 1.165) is 28.6 Å². The highest BCUT2D eigenvalue weighted by Gasteiger charge is 2.45. The van der Waals surface area contributed by atoms with E-state index in [9.17, 15) is 0 Å². The van der Waals surface area contributed by atoms with E-state index in [1.54, 1.807) is 0 Å². The van der Waals surface area contributed by atoms with Crippen molar-refractivity contribution in [3.05, 3.63) is 186 Å². The summed E-state index contributed by atoms with van der Waals surface area (Å²) in [6, 6.07) is 60.3. The van der Waals surface area contributed by atoms with Gasteiger partial charge in [0, 0.05) is 40.1 Å². The molecule has 0 fully saturated rings. The molecule has 0 amide bonds. The standard InChI is InChI=1S/C66H67BN2O2/c1-41-31-58-62-59(32-41)69(55-29-27-49(65(8,9)10)36-52(55)44-17-15-14-16-18-44)57-39-61-60(70-40-71-61)38-54(57)67(62)53-37-50(66(11,12)13)28-30-56(53)68(58)51-34-45(42-19-23-47(24-20-42)63(2,3)4)33-46(35-51)43-21-25-48(26-22-43)64(5,6)7/h14-39H,40H2,1-13H3. The predicted molar refractivity (Wildman–Crippen MR) is 302 cm³/mol. The van der Waals surface area contributed by atoms with E-state index in [4.69, 9.17) is 9.47 Å². The maximum Gasteiger partial charge on any atom is 0.252 e. The van der Waals surface area contributed by atoms with Gasteiger partial charge < -0.3 is 19.3 Å². The first-order chi connectivity index (χ1) is 33.6. The molecule has 4 nitrogen and oxygen atoms in total. The molecular weight excluding hydrogens is 864 g/mol. The van der Waals surface area contributed by atoms with Gasteiger partial charge in [-0.25, -0.2) is 0 Å². The highest BCUT2D eigenvalue weighted by atomic mass is 16.7. The number of hydrogen-bond acceptors (Lipinski definition) is 4. The van der Waals surface area contributed by atoms with E-state index in [-0.39, 0.29) is 35.2 Å². The Bertz CT molecular complexity index is 3300. The van der Waals surface area contributed by atoms with Crippen molar-refractivity contribution in [1.29, 1.82) is 0 Å². The minimum Gasteiger partial charge on any atom is -0.454 e. The molecule has 8 aromatic carbocycles. The Morgan fingerprint density at radius 2 is 0.859 bits per heavy atom. The van der Waals surface area contributed by atoms with Crippen LogP contribution in [0.2, 0.25) is 0 Å². The fourth-order valence-corrected chi connectivity index (χ4v) is 11.0. The zero-order valence-electron chi connectivity index (χ0n) is 44.0. The van der Waals surface area contributed by atoms with Gasteiger partial charge in [0.25, 0.3) is 6.71 Å². The minimum atomic E-state index is -0.0959. The summed E-state index contributed by atoms with van der Waals surface area (Å²) in [4.78, 5) is 5.10. The molecule has 3 aliphatic heterocycles. The van der Waals surface area contributed by atoms with Gasteiger partial charge in [-0.1, -0.05) is 180 Å². The van der Waals surface area contributed by atoms with Gasteiger partial charge in [-0.15, -0.1) is 0 Å². The molecule has 0 aliphatic carbocycles. The van der Waals surface area contributed by atoms with E-state index in [1.807, 2.05) is 0 Å². The van der Waals surface area contributed by atoms with E-state index < -0.39 is 0 Å². The van der Waals surface area contributed by atoms with Crippen LogP contribution in [0.1, 0.15) is 111 Å². The molecule has 0 unspecified atom stereocenters. The number of anilines is 6. The number of fused-ring (bicyclic) bond motifs is 5. The average molecular weight is 931 g/mol. The van der Waals surface area contributed by atoms with Gasteiger partial charge >= 0.3 is 0 Å². The zero-order chi connectivity index (χ0) is 49.9. The quantitative estimate of drug-likeness (QED) is 0.161. The van der Waals surface area contributed by atoms with Crippen LogP contribution < -0.4 is 35.7 Å². The maximum atomic E-state index is 6.27. The Balaban J connectivity index is 1.22. The van der Waals surface area contributed by atoms with Crippen molar-refractivity contribution in [1.82, 2.24) is 0 Å². The molecule has 5 heteroatoms. The van der Waals surface area contributed by atoms with Gasteiger partial charge in [0.15, 0.2) is 11.5 Å². The number of aryl methyl sites for hydroxylation is 1. The lowest BCUT2D eigenvalue weighted by atomic mass is 9.33. The van der Waals surface area contributed by atoms with Crippen molar-refractivity contribution in [2.24, 2.45) is 0 Å². The molecule has 0 atom stereocenters. The van der Waals surface area contributed by atoms with Crippen LogP contribution in [-0.4, -0.2) is 13.5 Å². The summed E-state index contributed by atoms with van der Waals surface area (Å²) in [5.74, 6) is 1.56. The molecular formula is C66H67BN2O2. The number of benzene rings is 8. The minimum absolute atomic E-state index is 0.0484. The van der Waals surface area contributed by atoms with Crippen LogP contribution >= 0.6 is 0 Å². The molecule has 356 valence electrons. The molecule has 3 aliphatic rings. The fraction of sp³-hybridized carbons (Fsp3) is 0.273. The highest BCUT2D eigenvalue weighted by molar-refractivity contribution is 7.00. The lowest BCUT2D eigenvalue weighted by Crippen LogP contribution is -2.61. The van der Waals surface area contributed by atoms with E-state index in [1.165, 1.54) is 94.6 Å². The largest absolute Gasteiger partial charge is 0.454 e. The van der Waals surface area contributed by atoms with Gasteiger partial charge in [-0.3, -0.25) is 0 Å². The number of nitrogens with zero attached hydrogens (tertiary/aromatic N) is 2. The third kappa shape index (κ3) is 8.22. The predicted octanol–water partition coefficient (Wildman–Crippen LogP) is 16.0. The summed E-state index contributed by atoms with van der Waals surface area (Å²) in [7, 11) is 0. The molecule has 0 N–H and O–H groups in total. The van der Waals surface area contributed by atoms with Crippen LogP contribution in [0.4, 0.5) is 34.1 Å². The van der Waals surface area contributed by atoms with Crippen molar-refractivity contribution < 1.29 is 9.47 Å². The van der Waals surface area contributed by atoms with E-state index in [2.05, 4.69) is 258 Å². The second kappa shape index (κ2) is 16.6. The van der Waals surface area contributed by atoms with Gasteiger partial charge in [-0.2, -0.15) is 0 Å². The Labute approximate surface area is 423 Å². The molecule has 3 heterocycles. The summed E-state index contributed by atoms with van der Waals surface area (Å²) >= 11 is 0. The Morgan fingerprint density at radius 1 is 0.380 bits per heavy atom. The van der Waals surface area contributed by atoms with Crippen molar-refractivity contribution in [2.75, 3.05) is 16.6 Å². The first-order valence-electron chi connectivity index (χ1n) is 25.5.